The molecule has 5 rings (SSSR count). The number of hydrogen-bond donors (Lipinski definition) is 1. The number of nitrogens with zero attached hydrogens (tertiary/aromatic N) is 1. The van der Waals surface area contributed by atoms with E-state index in [9.17, 15) is 5.11 Å². The molecule has 132 valence electrons. The van der Waals surface area contributed by atoms with E-state index < -0.39 is 5.60 Å². The summed E-state index contributed by atoms with van der Waals surface area (Å²) >= 11 is 0. The average Bonchev–Trinajstić information content (AvgIpc) is 2.96. The highest BCUT2D eigenvalue weighted by Crippen LogP contribution is 2.66. The fraction of sp³-hybridized carbons (Fsp3) is 0.524. The van der Waals surface area contributed by atoms with Gasteiger partial charge in [0.05, 0.1) is 18.1 Å². The maximum atomic E-state index is 12.1. The molecule has 2 unspecified atom stereocenters. The highest BCUT2D eigenvalue weighted by atomic mass is 16.5. The van der Waals surface area contributed by atoms with Gasteiger partial charge in [-0.2, -0.15) is 0 Å². The Morgan fingerprint density at radius 1 is 1.44 bits per heavy atom. The predicted octanol–water partition coefficient (Wildman–Crippen LogP) is 2.59. The maximum Gasteiger partial charge on any atom is 0.166 e. The summed E-state index contributed by atoms with van der Waals surface area (Å²) in [5.41, 5.74) is 2.41. The van der Waals surface area contributed by atoms with Crippen LogP contribution in [0.4, 0.5) is 0 Å². The number of aliphatic hydroxyl groups is 1. The van der Waals surface area contributed by atoms with Crippen LogP contribution in [0.25, 0.3) is 0 Å². The number of hydrogen-bond acceptors (Lipinski definition) is 4. The largest absolute Gasteiger partial charge is 0.493 e. The third-order valence-electron chi connectivity index (χ3n) is 7.09. The van der Waals surface area contributed by atoms with Crippen molar-refractivity contribution in [2.45, 2.75) is 48.8 Å². The SMILES string of the molecule is C=CCN1CC[C@@]23c4c5ccc(OC)c4OC2C(=C)CC[C@]3(O)C1C5. The molecule has 1 N–H and O–H groups in total. The topological polar surface area (TPSA) is 41.9 Å². The summed E-state index contributed by atoms with van der Waals surface area (Å²) < 4.78 is 12.0. The van der Waals surface area contributed by atoms with Crippen LogP contribution in [0, 0.1) is 0 Å². The fourth-order valence-electron chi connectivity index (χ4n) is 6.08. The summed E-state index contributed by atoms with van der Waals surface area (Å²) in [5, 5.41) is 12.1. The van der Waals surface area contributed by atoms with Gasteiger partial charge in [-0.15, -0.1) is 6.58 Å². The van der Waals surface area contributed by atoms with Gasteiger partial charge in [-0.05, 0) is 42.9 Å². The van der Waals surface area contributed by atoms with Crippen LogP contribution < -0.4 is 9.47 Å². The lowest BCUT2D eigenvalue weighted by atomic mass is 9.48. The molecule has 0 amide bonds. The van der Waals surface area contributed by atoms with E-state index in [2.05, 4.69) is 24.1 Å². The molecule has 4 heteroatoms. The first-order valence-electron chi connectivity index (χ1n) is 9.19. The van der Waals surface area contributed by atoms with E-state index in [1.54, 1.807) is 7.11 Å². The Morgan fingerprint density at radius 2 is 2.28 bits per heavy atom. The van der Waals surface area contributed by atoms with Gasteiger partial charge in [0.2, 0.25) is 0 Å². The first kappa shape index (κ1) is 15.5. The van der Waals surface area contributed by atoms with Crippen molar-refractivity contribution in [1.29, 1.82) is 0 Å². The second-order valence-corrected chi connectivity index (χ2v) is 7.94. The molecule has 4 aliphatic rings. The summed E-state index contributed by atoms with van der Waals surface area (Å²) in [6.45, 7) is 9.98. The number of rotatable bonds is 3. The highest BCUT2D eigenvalue weighted by molar-refractivity contribution is 5.64. The monoisotopic (exact) mass is 339 g/mol. The normalized spacial score (nSPS) is 38.1. The minimum atomic E-state index is -0.787. The van der Waals surface area contributed by atoms with Crippen molar-refractivity contribution in [1.82, 2.24) is 4.90 Å². The molecule has 0 radical (unpaired) electrons. The first-order valence-corrected chi connectivity index (χ1v) is 9.19. The number of benzene rings is 1. The highest BCUT2D eigenvalue weighted by Gasteiger charge is 2.71. The van der Waals surface area contributed by atoms with Gasteiger partial charge < -0.3 is 14.6 Å². The van der Waals surface area contributed by atoms with Crippen molar-refractivity contribution in [3.8, 4) is 11.5 Å². The molecule has 25 heavy (non-hydrogen) atoms. The number of methoxy groups -OCH3 is 1. The summed E-state index contributed by atoms with van der Waals surface area (Å²) in [7, 11) is 1.68. The van der Waals surface area contributed by atoms with Crippen molar-refractivity contribution in [3.63, 3.8) is 0 Å². The predicted molar refractivity (Wildman–Crippen MR) is 96.3 cm³/mol. The zero-order valence-corrected chi connectivity index (χ0v) is 14.8. The zero-order valence-electron chi connectivity index (χ0n) is 14.8. The molecule has 4 nitrogen and oxygen atoms in total. The van der Waals surface area contributed by atoms with Gasteiger partial charge in [0.25, 0.3) is 0 Å². The van der Waals surface area contributed by atoms with Gasteiger partial charge in [0, 0.05) is 24.7 Å². The molecule has 1 spiro atoms. The first-order chi connectivity index (χ1) is 12.1. The van der Waals surface area contributed by atoms with Crippen LogP contribution in [0.5, 0.6) is 11.5 Å². The number of ether oxygens (including phenoxy) is 2. The smallest absolute Gasteiger partial charge is 0.166 e. The van der Waals surface area contributed by atoms with E-state index in [4.69, 9.17) is 9.47 Å². The number of likely N-dealkylation sites (tertiary alicyclic amines) is 1. The summed E-state index contributed by atoms with van der Waals surface area (Å²) in [6.07, 6.45) is 5.09. The molecule has 2 bridgehead atoms. The Balaban J connectivity index is 1.79. The van der Waals surface area contributed by atoms with Gasteiger partial charge in [-0.1, -0.05) is 18.7 Å². The van der Waals surface area contributed by atoms with E-state index in [1.807, 2.05) is 12.1 Å². The van der Waals surface area contributed by atoms with E-state index in [0.29, 0.717) is 0 Å². The van der Waals surface area contributed by atoms with Crippen molar-refractivity contribution >= 4 is 0 Å². The van der Waals surface area contributed by atoms with E-state index >= 15 is 0 Å². The Labute approximate surface area is 148 Å². The van der Waals surface area contributed by atoms with Crippen LogP contribution in [-0.4, -0.2) is 48.0 Å². The Morgan fingerprint density at radius 3 is 3.04 bits per heavy atom. The molecule has 4 atom stereocenters. The van der Waals surface area contributed by atoms with Gasteiger partial charge >= 0.3 is 0 Å². The van der Waals surface area contributed by atoms with Crippen LogP contribution >= 0.6 is 0 Å². The van der Waals surface area contributed by atoms with E-state index in [0.717, 1.165) is 55.8 Å². The second-order valence-electron chi connectivity index (χ2n) is 7.94. The molecule has 1 aromatic carbocycles. The average molecular weight is 339 g/mol. The quantitative estimate of drug-likeness (QED) is 0.860. The van der Waals surface area contributed by atoms with Crippen molar-refractivity contribution in [3.05, 3.63) is 48.1 Å². The molecule has 2 heterocycles. The number of piperidine rings is 1. The lowest BCUT2D eigenvalue weighted by Crippen LogP contribution is -2.75. The fourth-order valence-corrected chi connectivity index (χ4v) is 6.08. The lowest BCUT2D eigenvalue weighted by molar-refractivity contribution is -0.171. The van der Waals surface area contributed by atoms with Crippen LogP contribution in [-0.2, 0) is 11.8 Å². The van der Waals surface area contributed by atoms with E-state index in [-0.39, 0.29) is 17.6 Å². The zero-order chi connectivity index (χ0) is 17.4. The van der Waals surface area contributed by atoms with Crippen molar-refractivity contribution in [2.75, 3.05) is 20.2 Å². The van der Waals surface area contributed by atoms with Crippen LogP contribution in [0.1, 0.15) is 30.4 Å². The third-order valence-corrected chi connectivity index (χ3v) is 7.09. The van der Waals surface area contributed by atoms with Gasteiger partial charge in [-0.25, -0.2) is 0 Å². The van der Waals surface area contributed by atoms with Crippen LogP contribution in [0.15, 0.2) is 36.9 Å². The molecular formula is C21H25NO3. The molecule has 1 saturated carbocycles. The van der Waals surface area contributed by atoms with Crippen molar-refractivity contribution in [2.24, 2.45) is 0 Å². The second kappa shape index (κ2) is 4.89. The molecule has 1 aromatic rings. The molecule has 2 aliphatic heterocycles. The van der Waals surface area contributed by atoms with E-state index in [1.165, 1.54) is 11.1 Å². The maximum absolute atomic E-state index is 12.1. The standard InChI is InChI=1S/C21H25NO3/c1-4-10-22-11-9-20-17-14-5-6-15(24-3)18(17)25-19(20)13(2)7-8-21(20,23)16(22)12-14/h4-6,16,19,23H,1-2,7-12H2,3H3/t16?,19?,20-,21+/m1/s1. The lowest BCUT2D eigenvalue weighted by Gasteiger charge is -2.63. The van der Waals surface area contributed by atoms with Crippen molar-refractivity contribution < 1.29 is 14.6 Å². The third kappa shape index (κ3) is 1.61. The molecular weight excluding hydrogens is 314 g/mol. The van der Waals surface area contributed by atoms with Crippen LogP contribution in [0.2, 0.25) is 0 Å². The Hall–Kier alpha value is -1.78. The van der Waals surface area contributed by atoms with Gasteiger partial charge in [-0.3, -0.25) is 4.90 Å². The minimum Gasteiger partial charge on any atom is -0.493 e. The summed E-state index contributed by atoms with van der Waals surface area (Å²) in [4.78, 5) is 2.40. The summed E-state index contributed by atoms with van der Waals surface area (Å²) in [5.74, 6) is 1.60. The Bertz CT molecular complexity index is 788. The molecule has 1 saturated heterocycles. The summed E-state index contributed by atoms with van der Waals surface area (Å²) in [6, 6.07) is 4.26. The molecule has 2 aliphatic carbocycles. The minimum absolute atomic E-state index is 0.102. The van der Waals surface area contributed by atoms with Gasteiger partial charge in [0.15, 0.2) is 11.5 Å². The Kier molecular flexibility index (Phi) is 3.03. The van der Waals surface area contributed by atoms with Crippen LogP contribution in [0.3, 0.4) is 0 Å². The molecule has 0 aromatic heterocycles. The van der Waals surface area contributed by atoms with Gasteiger partial charge in [0.1, 0.15) is 6.10 Å². The molecule has 2 fully saturated rings.